The topological polar surface area (TPSA) is 59.6 Å². The molecule has 0 aliphatic rings. The van der Waals surface area contributed by atoms with Crippen LogP contribution in [0.4, 0.5) is 10.5 Å². The van der Waals surface area contributed by atoms with Crippen LogP contribution in [0, 0.1) is 6.92 Å². The summed E-state index contributed by atoms with van der Waals surface area (Å²) in [6, 6.07) is 15.5. The molecule has 0 saturated carbocycles. The summed E-state index contributed by atoms with van der Waals surface area (Å²) < 4.78 is 10.7. The number of aryl methyl sites for hydroxylation is 1. The van der Waals surface area contributed by atoms with Crippen molar-refractivity contribution in [3.05, 3.63) is 59.7 Å². The SMILES string of the molecule is COCCOc1cc(C)ccc1NC(=O)NCCc1ccccc1. The molecule has 0 bridgehead atoms. The number of benzene rings is 2. The minimum absolute atomic E-state index is 0.244. The average Bonchev–Trinajstić information content (AvgIpc) is 2.58. The van der Waals surface area contributed by atoms with Crippen molar-refractivity contribution in [1.82, 2.24) is 5.32 Å². The highest BCUT2D eigenvalue weighted by Crippen LogP contribution is 2.25. The number of hydrogen-bond acceptors (Lipinski definition) is 3. The summed E-state index contributed by atoms with van der Waals surface area (Å²) in [5, 5.41) is 5.69. The van der Waals surface area contributed by atoms with Gasteiger partial charge in [0, 0.05) is 13.7 Å². The van der Waals surface area contributed by atoms with Gasteiger partial charge in [-0.1, -0.05) is 36.4 Å². The van der Waals surface area contributed by atoms with Crippen LogP contribution in [0.1, 0.15) is 11.1 Å². The van der Waals surface area contributed by atoms with Crippen LogP contribution in [-0.2, 0) is 11.2 Å². The number of anilines is 1. The molecule has 128 valence electrons. The van der Waals surface area contributed by atoms with E-state index in [0.29, 0.717) is 31.2 Å². The first-order chi connectivity index (χ1) is 11.7. The number of ether oxygens (including phenoxy) is 2. The molecule has 0 fully saturated rings. The largest absolute Gasteiger partial charge is 0.489 e. The lowest BCUT2D eigenvalue weighted by molar-refractivity contribution is 0.146. The van der Waals surface area contributed by atoms with Crippen LogP contribution in [0.2, 0.25) is 0 Å². The van der Waals surface area contributed by atoms with Gasteiger partial charge >= 0.3 is 6.03 Å². The van der Waals surface area contributed by atoms with Crippen LogP contribution in [0.25, 0.3) is 0 Å². The molecule has 0 heterocycles. The predicted molar refractivity (Wildman–Crippen MR) is 95.7 cm³/mol. The zero-order valence-corrected chi connectivity index (χ0v) is 14.2. The van der Waals surface area contributed by atoms with E-state index in [1.165, 1.54) is 5.56 Å². The molecule has 2 N–H and O–H groups in total. The highest BCUT2D eigenvalue weighted by atomic mass is 16.5. The Bertz CT molecular complexity index is 644. The fraction of sp³-hybridized carbons (Fsp3) is 0.316. The van der Waals surface area contributed by atoms with Crippen LogP contribution in [-0.4, -0.2) is 32.9 Å². The van der Waals surface area contributed by atoms with Crippen molar-refractivity contribution in [3.8, 4) is 5.75 Å². The molecular weight excluding hydrogens is 304 g/mol. The van der Waals surface area contributed by atoms with Crippen LogP contribution < -0.4 is 15.4 Å². The smallest absolute Gasteiger partial charge is 0.319 e. The number of amides is 2. The fourth-order valence-corrected chi connectivity index (χ4v) is 2.22. The van der Waals surface area contributed by atoms with E-state index in [9.17, 15) is 4.79 Å². The summed E-state index contributed by atoms with van der Waals surface area (Å²) in [5.74, 6) is 0.644. The second-order valence-electron chi connectivity index (χ2n) is 5.46. The van der Waals surface area contributed by atoms with Crippen molar-refractivity contribution in [2.45, 2.75) is 13.3 Å². The van der Waals surface area contributed by atoms with Crippen LogP contribution in [0.15, 0.2) is 48.5 Å². The lowest BCUT2D eigenvalue weighted by Gasteiger charge is -2.14. The molecule has 0 radical (unpaired) electrons. The second kappa shape index (κ2) is 9.57. The minimum Gasteiger partial charge on any atom is -0.489 e. The lowest BCUT2D eigenvalue weighted by atomic mass is 10.1. The van der Waals surface area contributed by atoms with E-state index in [2.05, 4.69) is 10.6 Å². The van der Waals surface area contributed by atoms with E-state index in [4.69, 9.17) is 9.47 Å². The van der Waals surface area contributed by atoms with Crippen molar-refractivity contribution in [2.24, 2.45) is 0 Å². The first kappa shape index (κ1) is 17.8. The maximum atomic E-state index is 12.1. The Morgan fingerprint density at radius 1 is 1.08 bits per heavy atom. The van der Waals surface area contributed by atoms with Crippen molar-refractivity contribution in [2.75, 3.05) is 32.2 Å². The molecule has 5 nitrogen and oxygen atoms in total. The molecule has 0 saturated heterocycles. The number of hydrogen-bond donors (Lipinski definition) is 2. The Morgan fingerprint density at radius 3 is 2.62 bits per heavy atom. The van der Waals surface area contributed by atoms with E-state index >= 15 is 0 Å². The van der Waals surface area contributed by atoms with Gasteiger partial charge in [0.15, 0.2) is 0 Å². The molecule has 5 heteroatoms. The summed E-state index contributed by atoms with van der Waals surface area (Å²) >= 11 is 0. The molecule has 2 aromatic carbocycles. The normalized spacial score (nSPS) is 10.2. The van der Waals surface area contributed by atoms with Gasteiger partial charge in [0.2, 0.25) is 0 Å². The van der Waals surface area contributed by atoms with E-state index in [1.807, 2.05) is 55.5 Å². The molecule has 24 heavy (non-hydrogen) atoms. The van der Waals surface area contributed by atoms with Gasteiger partial charge in [-0.3, -0.25) is 0 Å². The van der Waals surface area contributed by atoms with Gasteiger partial charge in [-0.25, -0.2) is 4.79 Å². The third-order valence-corrected chi connectivity index (χ3v) is 3.47. The Hall–Kier alpha value is -2.53. The summed E-state index contributed by atoms with van der Waals surface area (Å²) in [4.78, 5) is 12.1. The van der Waals surface area contributed by atoms with E-state index in [-0.39, 0.29) is 6.03 Å². The average molecular weight is 328 g/mol. The monoisotopic (exact) mass is 328 g/mol. The number of urea groups is 1. The highest BCUT2D eigenvalue weighted by Gasteiger charge is 2.08. The molecule has 2 amide bonds. The first-order valence-corrected chi connectivity index (χ1v) is 8.00. The zero-order chi connectivity index (χ0) is 17.2. The van der Waals surface area contributed by atoms with Crippen molar-refractivity contribution in [3.63, 3.8) is 0 Å². The standard InChI is InChI=1S/C19H24N2O3/c1-15-8-9-17(18(14-15)24-13-12-23-2)21-19(22)20-11-10-16-6-4-3-5-7-16/h3-9,14H,10-13H2,1-2H3,(H2,20,21,22). The van der Waals surface area contributed by atoms with Crippen LogP contribution >= 0.6 is 0 Å². The van der Waals surface area contributed by atoms with E-state index in [0.717, 1.165) is 12.0 Å². The molecular formula is C19H24N2O3. The Balaban J connectivity index is 1.86. The number of carbonyl (C=O) groups is 1. The third kappa shape index (κ3) is 5.93. The van der Waals surface area contributed by atoms with Gasteiger partial charge < -0.3 is 20.1 Å². The Labute approximate surface area is 143 Å². The minimum atomic E-state index is -0.244. The van der Waals surface area contributed by atoms with Crippen molar-refractivity contribution < 1.29 is 14.3 Å². The molecule has 0 aliphatic heterocycles. The number of rotatable bonds is 8. The van der Waals surface area contributed by atoms with Gasteiger partial charge in [-0.2, -0.15) is 0 Å². The second-order valence-corrected chi connectivity index (χ2v) is 5.46. The van der Waals surface area contributed by atoms with Gasteiger partial charge in [0.25, 0.3) is 0 Å². The fourth-order valence-electron chi connectivity index (χ4n) is 2.22. The predicted octanol–water partition coefficient (Wildman–Crippen LogP) is 3.38. The van der Waals surface area contributed by atoms with Gasteiger partial charge in [0.1, 0.15) is 12.4 Å². The summed E-state index contributed by atoms with van der Waals surface area (Å²) in [6.45, 7) is 3.48. The van der Waals surface area contributed by atoms with Crippen molar-refractivity contribution in [1.29, 1.82) is 0 Å². The number of nitrogens with one attached hydrogen (secondary N) is 2. The lowest BCUT2D eigenvalue weighted by Crippen LogP contribution is -2.30. The molecule has 0 aromatic heterocycles. The summed E-state index contributed by atoms with van der Waals surface area (Å²) in [7, 11) is 1.62. The van der Waals surface area contributed by atoms with Crippen molar-refractivity contribution >= 4 is 11.7 Å². The maximum absolute atomic E-state index is 12.1. The van der Waals surface area contributed by atoms with Gasteiger partial charge in [-0.05, 0) is 36.6 Å². The molecule has 0 spiro atoms. The summed E-state index contributed by atoms with van der Waals surface area (Å²) in [6.07, 6.45) is 0.791. The quantitative estimate of drug-likeness (QED) is 0.730. The first-order valence-electron chi connectivity index (χ1n) is 8.00. The van der Waals surface area contributed by atoms with Gasteiger partial charge in [-0.15, -0.1) is 0 Å². The van der Waals surface area contributed by atoms with E-state index in [1.54, 1.807) is 7.11 Å². The van der Waals surface area contributed by atoms with Crippen LogP contribution in [0.5, 0.6) is 5.75 Å². The number of methoxy groups -OCH3 is 1. The summed E-state index contributed by atoms with van der Waals surface area (Å²) in [5.41, 5.74) is 2.91. The van der Waals surface area contributed by atoms with Crippen LogP contribution in [0.3, 0.4) is 0 Å². The molecule has 0 atom stereocenters. The van der Waals surface area contributed by atoms with E-state index < -0.39 is 0 Å². The number of carbonyl (C=O) groups excluding carboxylic acids is 1. The highest BCUT2D eigenvalue weighted by molar-refractivity contribution is 5.90. The Kier molecular flexibility index (Phi) is 7.11. The molecule has 0 aliphatic carbocycles. The molecule has 0 unspecified atom stereocenters. The molecule has 2 rings (SSSR count). The van der Waals surface area contributed by atoms with Gasteiger partial charge in [0.05, 0.1) is 12.3 Å². The maximum Gasteiger partial charge on any atom is 0.319 e. The third-order valence-electron chi connectivity index (χ3n) is 3.47. The zero-order valence-electron chi connectivity index (χ0n) is 14.2. The molecule has 2 aromatic rings. The Morgan fingerprint density at radius 2 is 1.88 bits per heavy atom.